The molecule has 0 radical (unpaired) electrons. The second-order valence-corrected chi connectivity index (χ2v) is 6.24. The smallest absolute Gasteiger partial charge is 0.137 e. The van der Waals surface area contributed by atoms with Gasteiger partial charge in [-0.05, 0) is 48.2 Å². The van der Waals surface area contributed by atoms with Gasteiger partial charge in [-0.15, -0.1) is 0 Å². The van der Waals surface area contributed by atoms with Crippen LogP contribution in [0.15, 0.2) is 0 Å². The molecule has 0 bridgehead atoms. The zero-order valence-corrected chi connectivity index (χ0v) is 11.0. The van der Waals surface area contributed by atoms with Gasteiger partial charge >= 0.3 is 0 Å². The normalized spacial score (nSPS) is 34.0. The Morgan fingerprint density at radius 3 is 2.27 bits per heavy atom. The molecule has 3 heteroatoms. The van der Waals surface area contributed by atoms with E-state index in [1.807, 2.05) is 19.0 Å². The molecule has 1 saturated heterocycles. The maximum absolute atomic E-state index is 14.5. The van der Waals surface area contributed by atoms with Crippen LogP contribution in [-0.2, 0) is 0 Å². The molecule has 1 aliphatic rings. The number of rotatable bonds is 2. The van der Waals surface area contributed by atoms with Crippen LogP contribution >= 0.6 is 0 Å². The molecule has 0 amide bonds. The van der Waals surface area contributed by atoms with E-state index in [4.69, 9.17) is 0 Å². The summed E-state index contributed by atoms with van der Waals surface area (Å²) in [5.41, 5.74) is -0.963. The molecule has 0 unspecified atom stereocenters. The van der Waals surface area contributed by atoms with Gasteiger partial charge in [0.25, 0.3) is 0 Å². The van der Waals surface area contributed by atoms with Crippen molar-refractivity contribution in [3.05, 3.63) is 0 Å². The van der Waals surface area contributed by atoms with E-state index in [1.54, 1.807) is 0 Å². The average Bonchev–Trinajstić information content (AvgIpc) is 2.22. The molecule has 1 aliphatic heterocycles. The van der Waals surface area contributed by atoms with Gasteiger partial charge in [0.2, 0.25) is 0 Å². The summed E-state index contributed by atoms with van der Waals surface area (Å²) >= 11 is 0. The number of nitrogens with zero attached hydrogens (tertiary/aromatic N) is 2. The summed E-state index contributed by atoms with van der Waals surface area (Å²) < 4.78 is 14.5. The summed E-state index contributed by atoms with van der Waals surface area (Å²) in [5.74, 6) is 0. The van der Waals surface area contributed by atoms with Gasteiger partial charge < -0.3 is 4.90 Å². The first-order valence-electron chi connectivity index (χ1n) is 5.74. The zero-order chi connectivity index (χ0) is 11.9. The van der Waals surface area contributed by atoms with Crippen molar-refractivity contribution in [1.82, 2.24) is 9.80 Å². The molecular formula is C12H25FN2. The minimum atomic E-state index is -1.03. The number of hydrogen-bond acceptors (Lipinski definition) is 2. The molecule has 0 N–H and O–H groups in total. The fourth-order valence-corrected chi connectivity index (χ4v) is 2.74. The molecule has 90 valence electrons. The standard InChI is InChI=1S/C12H25FN2/c1-10-7-12(13,8-14(5)6)9-15(10)11(2,3)4/h10H,7-9H2,1-6H3/t10-,12+/m1/s1. The first-order valence-corrected chi connectivity index (χ1v) is 5.74. The van der Waals surface area contributed by atoms with Crippen molar-refractivity contribution in [2.24, 2.45) is 0 Å². The van der Waals surface area contributed by atoms with Crippen molar-refractivity contribution in [2.45, 2.75) is 51.4 Å². The summed E-state index contributed by atoms with van der Waals surface area (Å²) in [6.45, 7) is 9.70. The summed E-state index contributed by atoms with van der Waals surface area (Å²) in [6.07, 6.45) is 0.655. The summed E-state index contributed by atoms with van der Waals surface area (Å²) in [6, 6.07) is 0.343. The largest absolute Gasteiger partial charge is 0.306 e. The monoisotopic (exact) mass is 216 g/mol. The van der Waals surface area contributed by atoms with Gasteiger partial charge in [0.05, 0.1) is 0 Å². The molecule has 0 aromatic carbocycles. The Morgan fingerprint density at radius 1 is 1.40 bits per heavy atom. The van der Waals surface area contributed by atoms with Gasteiger partial charge in [0.1, 0.15) is 5.67 Å². The van der Waals surface area contributed by atoms with Crippen LogP contribution in [0.4, 0.5) is 4.39 Å². The van der Waals surface area contributed by atoms with Crippen LogP contribution in [0.2, 0.25) is 0 Å². The lowest BCUT2D eigenvalue weighted by Gasteiger charge is -2.35. The zero-order valence-electron chi connectivity index (χ0n) is 11.0. The molecule has 0 saturated carbocycles. The van der Waals surface area contributed by atoms with Crippen molar-refractivity contribution in [1.29, 1.82) is 0 Å². The van der Waals surface area contributed by atoms with Crippen LogP contribution in [0.5, 0.6) is 0 Å². The molecule has 2 nitrogen and oxygen atoms in total. The van der Waals surface area contributed by atoms with E-state index < -0.39 is 5.67 Å². The quantitative estimate of drug-likeness (QED) is 0.698. The highest BCUT2D eigenvalue weighted by molar-refractivity contribution is 5.00. The maximum atomic E-state index is 14.5. The van der Waals surface area contributed by atoms with Crippen LogP contribution in [0.1, 0.15) is 34.1 Å². The van der Waals surface area contributed by atoms with Gasteiger partial charge in [0, 0.05) is 24.7 Å². The molecule has 2 atom stereocenters. The van der Waals surface area contributed by atoms with Gasteiger partial charge in [-0.25, -0.2) is 4.39 Å². The molecule has 1 rings (SSSR count). The van der Waals surface area contributed by atoms with Crippen molar-refractivity contribution in [3.8, 4) is 0 Å². The Morgan fingerprint density at radius 2 is 1.93 bits per heavy atom. The fraction of sp³-hybridized carbons (Fsp3) is 1.00. The van der Waals surface area contributed by atoms with Crippen LogP contribution < -0.4 is 0 Å². The van der Waals surface area contributed by atoms with E-state index in [9.17, 15) is 4.39 Å². The highest BCUT2D eigenvalue weighted by Gasteiger charge is 2.46. The minimum Gasteiger partial charge on any atom is -0.306 e. The Kier molecular flexibility index (Phi) is 3.46. The molecule has 1 heterocycles. The van der Waals surface area contributed by atoms with E-state index >= 15 is 0 Å². The van der Waals surface area contributed by atoms with Crippen molar-refractivity contribution in [3.63, 3.8) is 0 Å². The Balaban J connectivity index is 2.70. The molecule has 0 aliphatic carbocycles. The van der Waals surface area contributed by atoms with Gasteiger partial charge in [-0.3, -0.25) is 4.90 Å². The highest BCUT2D eigenvalue weighted by Crippen LogP contribution is 2.35. The third-order valence-corrected chi connectivity index (χ3v) is 3.11. The van der Waals surface area contributed by atoms with E-state index in [-0.39, 0.29) is 5.54 Å². The summed E-state index contributed by atoms with van der Waals surface area (Å²) in [4.78, 5) is 4.22. The SMILES string of the molecule is C[C@@H]1C[C@](F)(CN(C)C)CN1C(C)(C)C. The van der Waals surface area contributed by atoms with Gasteiger partial charge in [-0.2, -0.15) is 0 Å². The van der Waals surface area contributed by atoms with Gasteiger partial charge in [-0.1, -0.05) is 0 Å². The maximum Gasteiger partial charge on any atom is 0.137 e. The average molecular weight is 216 g/mol. The topological polar surface area (TPSA) is 6.48 Å². The van der Waals surface area contributed by atoms with Crippen LogP contribution in [0, 0.1) is 0 Å². The Bertz CT molecular complexity index is 222. The van der Waals surface area contributed by atoms with Crippen molar-refractivity contribution in [2.75, 3.05) is 27.2 Å². The Hall–Kier alpha value is -0.150. The van der Waals surface area contributed by atoms with E-state index in [2.05, 4.69) is 32.6 Å². The predicted molar refractivity (Wildman–Crippen MR) is 62.9 cm³/mol. The molecular weight excluding hydrogens is 191 g/mol. The highest BCUT2D eigenvalue weighted by atomic mass is 19.1. The molecule has 0 aromatic rings. The fourth-order valence-electron chi connectivity index (χ4n) is 2.74. The molecule has 0 aromatic heterocycles. The number of hydrogen-bond donors (Lipinski definition) is 0. The summed E-state index contributed by atoms with van der Waals surface area (Å²) in [5, 5.41) is 0. The van der Waals surface area contributed by atoms with Crippen LogP contribution in [0.3, 0.4) is 0 Å². The number of alkyl halides is 1. The number of halogens is 1. The van der Waals surface area contributed by atoms with Crippen molar-refractivity contribution < 1.29 is 4.39 Å². The lowest BCUT2D eigenvalue weighted by atomic mass is 10.0. The third kappa shape index (κ3) is 3.15. The molecule has 1 fully saturated rings. The second kappa shape index (κ2) is 4.02. The predicted octanol–water partition coefficient (Wildman–Crippen LogP) is 2.15. The van der Waals surface area contributed by atoms with E-state index in [0.717, 1.165) is 0 Å². The first kappa shape index (κ1) is 12.9. The van der Waals surface area contributed by atoms with Crippen molar-refractivity contribution >= 4 is 0 Å². The lowest BCUT2D eigenvalue weighted by molar-refractivity contribution is 0.0867. The Labute approximate surface area is 93.4 Å². The second-order valence-electron chi connectivity index (χ2n) is 6.24. The first-order chi connectivity index (χ1) is 6.64. The third-order valence-electron chi connectivity index (χ3n) is 3.11. The van der Waals surface area contributed by atoms with E-state index in [1.165, 1.54) is 0 Å². The lowest BCUT2D eigenvalue weighted by Crippen LogP contribution is -2.46. The minimum absolute atomic E-state index is 0.0690. The molecule has 15 heavy (non-hydrogen) atoms. The number of likely N-dealkylation sites (tertiary alicyclic amines) is 1. The van der Waals surface area contributed by atoms with E-state index in [0.29, 0.717) is 25.6 Å². The van der Waals surface area contributed by atoms with Crippen LogP contribution in [-0.4, -0.2) is 54.2 Å². The van der Waals surface area contributed by atoms with Gasteiger partial charge in [0.15, 0.2) is 0 Å². The van der Waals surface area contributed by atoms with Crippen LogP contribution in [0.25, 0.3) is 0 Å². The molecule has 0 spiro atoms. The summed E-state index contributed by atoms with van der Waals surface area (Å²) in [7, 11) is 3.87.